The van der Waals surface area contributed by atoms with Gasteiger partial charge in [0.25, 0.3) is 0 Å². The Bertz CT molecular complexity index is 707. The molecule has 0 spiro atoms. The summed E-state index contributed by atoms with van der Waals surface area (Å²) in [4.78, 5) is 13.0. The number of aromatic nitrogens is 4. The second kappa shape index (κ2) is 3.91. The molecule has 2 aromatic heterocycles. The van der Waals surface area contributed by atoms with Crippen LogP contribution in [0.2, 0.25) is 0 Å². The van der Waals surface area contributed by atoms with Gasteiger partial charge in [0.15, 0.2) is 5.82 Å². The van der Waals surface area contributed by atoms with Gasteiger partial charge in [-0.25, -0.2) is 15.0 Å². The average molecular weight is 238 g/mol. The summed E-state index contributed by atoms with van der Waals surface area (Å²) < 4.78 is 2.11. The molecule has 4 nitrogen and oxygen atoms in total. The van der Waals surface area contributed by atoms with Crippen LogP contribution in [0.1, 0.15) is 11.6 Å². The summed E-state index contributed by atoms with van der Waals surface area (Å²) in [6, 6.07) is 10.4. The van der Waals surface area contributed by atoms with Crippen LogP contribution in [0.3, 0.4) is 0 Å². The van der Waals surface area contributed by atoms with Gasteiger partial charge in [-0.2, -0.15) is 0 Å². The molecule has 0 N–H and O–H groups in total. The van der Waals surface area contributed by atoms with E-state index in [1.165, 1.54) is 10.9 Å². The highest BCUT2D eigenvalue weighted by Crippen LogP contribution is 2.24. The first-order valence-corrected chi connectivity index (χ1v) is 5.89. The van der Waals surface area contributed by atoms with Crippen LogP contribution in [-0.4, -0.2) is 19.5 Å². The van der Waals surface area contributed by atoms with E-state index in [1.807, 2.05) is 33.0 Å². The number of para-hydroxylation sites is 1. The summed E-state index contributed by atoms with van der Waals surface area (Å²) in [5, 5.41) is 1.20. The first-order chi connectivity index (χ1) is 8.65. The third-order valence-corrected chi connectivity index (χ3v) is 3.04. The highest BCUT2D eigenvalue weighted by atomic mass is 15.1. The molecule has 0 fully saturated rings. The lowest BCUT2D eigenvalue weighted by atomic mass is 10.2. The third kappa shape index (κ3) is 1.66. The lowest BCUT2D eigenvalue weighted by molar-refractivity contribution is 0.896. The lowest BCUT2D eigenvalue weighted by Gasteiger charge is -2.04. The molecule has 0 radical (unpaired) electrons. The monoisotopic (exact) mass is 238 g/mol. The standard InChI is InChI=1S/C14H14N4/c1-9-15-10(2)17-14(16-9)13-8-11-6-4-5-7-12(11)18(13)3/h4-8H,1-3H3. The van der Waals surface area contributed by atoms with Gasteiger partial charge >= 0.3 is 0 Å². The summed E-state index contributed by atoms with van der Waals surface area (Å²) in [5.74, 6) is 2.24. The van der Waals surface area contributed by atoms with Crippen LogP contribution in [-0.2, 0) is 7.05 Å². The lowest BCUT2D eigenvalue weighted by Crippen LogP contribution is -2.01. The van der Waals surface area contributed by atoms with Gasteiger partial charge in [0.05, 0.1) is 5.69 Å². The first-order valence-electron chi connectivity index (χ1n) is 5.89. The fraction of sp³-hybridized carbons (Fsp3) is 0.214. The fourth-order valence-corrected chi connectivity index (χ4v) is 2.23. The Balaban J connectivity index is 2.28. The van der Waals surface area contributed by atoms with E-state index in [-0.39, 0.29) is 0 Å². The van der Waals surface area contributed by atoms with E-state index in [0.29, 0.717) is 0 Å². The zero-order valence-corrected chi connectivity index (χ0v) is 10.7. The largest absolute Gasteiger partial charge is 0.341 e. The molecule has 0 bridgehead atoms. The van der Waals surface area contributed by atoms with Crippen molar-refractivity contribution in [2.75, 3.05) is 0 Å². The number of fused-ring (bicyclic) bond motifs is 1. The molecule has 3 rings (SSSR count). The minimum atomic E-state index is 0.735. The molecule has 0 saturated carbocycles. The summed E-state index contributed by atoms with van der Waals surface area (Å²) in [6.45, 7) is 3.78. The Morgan fingerprint density at radius 3 is 2.28 bits per heavy atom. The number of hydrogen-bond donors (Lipinski definition) is 0. The molecule has 0 atom stereocenters. The van der Waals surface area contributed by atoms with Gasteiger partial charge < -0.3 is 4.57 Å². The molecule has 0 saturated heterocycles. The summed E-state index contributed by atoms with van der Waals surface area (Å²) in [7, 11) is 2.03. The molecule has 0 aliphatic rings. The van der Waals surface area contributed by atoms with Crippen molar-refractivity contribution in [1.82, 2.24) is 19.5 Å². The van der Waals surface area contributed by atoms with Gasteiger partial charge in [-0.1, -0.05) is 18.2 Å². The van der Waals surface area contributed by atoms with Crippen LogP contribution in [0.25, 0.3) is 22.4 Å². The van der Waals surface area contributed by atoms with Crippen LogP contribution < -0.4 is 0 Å². The molecule has 0 aliphatic carbocycles. The van der Waals surface area contributed by atoms with Gasteiger partial charge in [-0.05, 0) is 26.0 Å². The SMILES string of the molecule is Cc1nc(C)nc(-c2cc3ccccc3n2C)n1. The quantitative estimate of drug-likeness (QED) is 0.654. The smallest absolute Gasteiger partial charge is 0.179 e. The van der Waals surface area contributed by atoms with E-state index in [1.54, 1.807) is 0 Å². The van der Waals surface area contributed by atoms with Crippen LogP contribution in [0, 0.1) is 13.8 Å². The van der Waals surface area contributed by atoms with Crippen molar-refractivity contribution in [2.45, 2.75) is 13.8 Å². The molecule has 90 valence electrons. The Morgan fingerprint density at radius 1 is 0.944 bits per heavy atom. The van der Waals surface area contributed by atoms with Gasteiger partial charge in [-0.3, -0.25) is 0 Å². The third-order valence-electron chi connectivity index (χ3n) is 3.04. The molecule has 0 unspecified atom stereocenters. The number of aryl methyl sites for hydroxylation is 3. The van der Waals surface area contributed by atoms with Crippen LogP contribution >= 0.6 is 0 Å². The van der Waals surface area contributed by atoms with Crippen molar-refractivity contribution in [3.8, 4) is 11.5 Å². The van der Waals surface area contributed by atoms with E-state index < -0.39 is 0 Å². The van der Waals surface area contributed by atoms with Gasteiger partial charge in [-0.15, -0.1) is 0 Å². The predicted octanol–water partition coefficient (Wildman–Crippen LogP) is 2.65. The second-order valence-electron chi connectivity index (χ2n) is 4.40. The molecule has 0 amide bonds. The van der Waals surface area contributed by atoms with Crippen LogP contribution in [0.5, 0.6) is 0 Å². The van der Waals surface area contributed by atoms with Crippen LogP contribution in [0.15, 0.2) is 30.3 Å². The number of nitrogens with zero attached hydrogens (tertiary/aromatic N) is 4. The molecular formula is C14H14N4. The summed E-state index contributed by atoms with van der Waals surface area (Å²) in [6.07, 6.45) is 0. The molecule has 18 heavy (non-hydrogen) atoms. The Hall–Kier alpha value is -2.23. The van der Waals surface area contributed by atoms with Crippen molar-refractivity contribution in [3.63, 3.8) is 0 Å². The maximum Gasteiger partial charge on any atom is 0.179 e. The molecule has 3 aromatic rings. The van der Waals surface area contributed by atoms with Gasteiger partial charge in [0.2, 0.25) is 0 Å². The van der Waals surface area contributed by atoms with E-state index in [0.717, 1.165) is 23.2 Å². The Labute approximate surface area is 105 Å². The van der Waals surface area contributed by atoms with E-state index in [2.05, 4.69) is 37.7 Å². The Morgan fingerprint density at radius 2 is 1.61 bits per heavy atom. The Kier molecular flexibility index (Phi) is 2.37. The molecule has 1 aromatic carbocycles. The first kappa shape index (κ1) is 10.9. The topological polar surface area (TPSA) is 43.6 Å². The summed E-state index contributed by atoms with van der Waals surface area (Å²) >= 11 is 0. The van der Waals surface area contributed by atoms with Crippen molar-refractivity contribution >= 4 is 10.9 Å². The maximum atomic E-state index is 4.42. The normalized spacial score (nSPS) is 11.1. The van der Waals surface area contributed by atoms with Crippen molar-refractivity contribution < 1.29 is 0 Å². The highest BCUT2D eigenvalue weighted by molar-refractivity contribution is 5.85. The van der Waals surface area contributed by atoms with Crippen molar-refractivity contribution in [2.24, 2.45) is 7.05 Å². The minimum absolute atomic E-state index is 0.735. The highest BCUT2D eigenvalue weighted by Gasteiger charge is 2.11. The fourth-order valence-electron chi connectivity index (χ4n) is 2.23. The van der Waals surface area contributed by atoms with Crippen molar-refractivity contribution in [1.29, 1.82) is 0 Å². The van der Waals surface area contributed by atoms with Gasteiger partial charge in [0, 0.05) is 18.0 Å². The molecule has 0 aliphatic heterocycles. The summed E-state index contributed by atoms with van der Waals surface area (Å²) in [5.41, 5.74) is 2.20. The zero-order chi connectivity index (χ0) is 12.7. The average Bonchev–Trinajstić information content (AvgIpc) is 2.66. The molecule has 4 heteroatoms. The van der Waals surface area contributed by atoms with E-state index in [9.17, 15) is 0 Å². The molecule has 2 heterocycles. The molecular weight excluding hydrogens is 224 g/mol. The zero-order valence-electron chi connectivity index (χ0n) is 10.7. The van der Waals surface area contributed by atoms with E-state index in [4.69, 9.17) is 0 Å². The number of rotatable bonds is 1. The second-order valence-corrected chi connectivity index (χ2v) is 4.40. The predicted molar refractivity (Wildman–Crippen MR) is 71.2 cm³/mol. The van der Waals surface area contributed by atoms with E-state index >= 15 is 0 Å². The number of benzene rings is 1. The van der Waals surface area contributed by atoms with Crippen LogP contribution in [0.4, 0.5) is 0 Å². The van der Waals surface area contributed by atoms with Gasteiger partial charge in [0.1, 0.15) is 11.6 Å². The maximum absolute atomic E-state index is 4.42. The van der Waals surface area contributed by atoms with Crippen molar-refractivity contribution in [3.05, 3.63) is 42.0 Å². The minimum Gasteiger partial charge on any atom is -0.341 e. The number of hydrogen-bond acceptors (Lipinski definition) is 3.